The van der Waals surface area contributed by atoms with Gasteiger partial charge in [-0.2, -0.15) is 0 Å². The van der Waals surface area contributed by atoms with Gasteiger partial charge in [0.05, 0.1) is 6.54 Å². The first-order valence-electron chi connectivity index (χ1n) is 10.1. The zero-order chi connectivity index (χ0) is 22.9. The summed E-state index contributed by atoms with van der Waals surface area (Å²) in [5.41, 5.74) is 2.99. The Morgan fingerprint density at radius 3 is 2.28 bits per heavy atom. The second-order valence-corrected chi connectivity index (χ2v) is 7.78. The van der Waals surface area contributed by atoms with Crippen molar-refractivity contribution >= 4 is 35.0 Å². The van der Waals surface area contributed by atoms with Gasteiger partial charge in [-0.25, -0.2) is 0 Å². The zero-order valence-corrected chi connectivity index (χ0v) is 18.4. The van der Waals surface area contributed by atoms with Gasteiger partial charge < -0.3 is 15.5 Å². The number of benzene rings is 3. The summed E-state index contributed by atoms with van der Waals surface area (Å²) in [4.78, 5) is 39.2. The van der Waals surface area contributed by atoms with Gasteiger partial charge in [-0.05, 0) is 54.4 Å². The molecule has 0 radical (unpaired) electrons. The van der Waals surface area contributed by atoms with Crippen molar-refractivity contribution in [1.29, 1.82) is 0 Å². The van der Waals surface area contributed by atoms with Gasteiger partial charge in [0.15, 0.2) is 0 Å². The molecule has 0 aliphatic rings. The van der Waals surface area contributed by atoms with Crippen molar-refractivity contribution in [2.45, 2.75) is 13.5 Å². The Hall–Kier alpha value is -3.64. The third-order valence-electron chi connectivity index (χ3n) is 4.68. The first kappa shape index (κ1) is 23.0. The van der Waals surface area contributed by atoms with Crippen LogP contribution in [-0.4, -0.2) is 35.7 Å². The number of hydrogen-bond donors (Lipinski definition) is 2. The average Bonchev–Trinajstić information content (AvgIpc) is 2.78. The largest absolute Gasteiger partial charge is 0.345 e. The highest BCUT2D eigenvalue weighted by Gasteiger charge is 2.20. The van der Waals surface area contributed by atoms with E-state index in [-0.39, 0.29) is 31.4 Å². The van der Waals surface area contributed by atoms with E-state index in [0.717, 1.165) is 11.1 Å². The van der Waals surface area contributed by atoms with Crippen LogP contribution < -0.4 is 10.6 Å². The van der Waals surface area contributed by atoms with Crippen molar-refractivity contribution in [1.82, 2.24) is 10.2 Å². The van der Waals surface area contributed by atoms with Crippen molar-refractivity contribution in [3.63, 3.8) is 0 Å². The van der Waals surface area contributed by atoms with Crippen molar-refractivity contribution in [3.8, 4) is 0 Å². The SMILES string of the molecule is Cc1cccc(NC(=O)CNC(=O)CN(Cc2ccccc2)C(=O)c2ccc(Cl)cc2)c1. The maximum atomic E-state index is 13.0. The second kappa shape index (κ2) is 11.1. The number of nitrogens with one attached hydrogen (secondary N) is 2. The molecule has 32 heavy (non-hydrogen) atoms. The Labute approximate surface area is 192 Å². The van der Waals surface area contributed by atoms with Gasteiger partial charge in [0.2, 0.25) is 11.8 Å². The maximum Gasteiger partial charge on any atom is 0.254 e. The summed E-state index contributed by atoms with van der Waals surface area (Å²) in [6.07, 6.45) is 0. The number of amides is 3. The van der Waals surface area contributed by atoms with Crippen molar-refractivity contribution in [2.24, 2.45) is 0 Å². The molecule has 0 heterocycles. The predicted octanol–water partition coefficient (Wildman–Crippen LogP) is 4.05. The fraction of sp³-hybridized carbons (Fsp3) is 0.160. The molecule has 0 bridgehead atoms. The molecule has 0 unspecified atom stereocenters. The molecule has 0 saturated heterocycles. The summed E-state index contributed by atoms with van der Waals surface area (Å²) in [6, 6.07) is 23.3. The number of nitrogens with zero attached hydrogens (tertiary/aromatic N) is 1. The van der Waals surface area contributed by atoms with Crippen molar-refractivity contribution in [3.05, 3.63) is 101 Å². The molecule has 0 aromatic heterocycles. The number of anilines is 1. The van der Waals surface area contributed by atoms with E-state index in [9.17, 15) is 14.4 Å². The molecule has 3 amide bonds. The van der Waals surface area contributed by atoms with Crippen LogP contribution in [-0.2, 0) is 16.1 Å². The normalized spacial score (nSPS) is 10.3. The number of rotatable bonds is 8. The minimum absolute atomic E-state index is 0.186. The van der Waals surface area contributed by atoms with E-state index < -0.39 is 5.91 Å². The van der Waals surface area contributed by atoms with Crippen molar-refractivity contribution < 1.29 is 14.4 Å². The minimum atomic E-state index is -0.428. The third kappa shape index (κ3) is 6.96. The van der Waals surface area contributed by atoms with Gasteiger partial charge in [0.1, 0.15) is 6.54 Å². The van der Waals surface area contributed by atoms with Crippen LogP contribution in [0.2, 0.25) is 5.02 Å². The molecule has 0 aliphatic carbocycles. The van der Waals surface area contributed by atoms with E-state index in [1.54, 1.807) is 30.3 Å². The minimum Gasteiger partial charge on any atom is -0.345 e. The van der Waals surface area contributed by atoms with E-state index >= 15 is 0 Å². The van der Waals surface area contributed by atoms with Crippen LogP contribution in [0.5, 0.6) is 0 Å². The summed E-state index contributed by atoms with van der Waals surface area (Å²) in [5.74, 6) is -1.07. The molecule has 7 heteroatoms. The topological polar surface area (TPSA) is 78.5 Å². The average molecular weight is 450 g/mol. The van der Waals surface area contributed by atoms with Crippen LogP contribution in [0.4, 0.5) is 5.69 Å². The van der Waals surface area contributed by atoms with Crippen LogP contribution >= 0.6 is 11.6 Å². The summed E-state index contributed by atoms with van der Waals surface area (Å²) in [6.45, 7) is 1.80. The van der Waals surface area contributed by atoms with E-state index in [0.29, 0.717) is 16.3 Å². The smallest absolute Gasteiger partial charge is 0.254 e. The molecule has 0 atom stereocenters. The highest BCUT2D eigenvalue weighted by molar-refractivity contribution is 6.30. The lowest BCUT2D eigenvalue weighted by atomic mass is 10.1. The van der Waals surface area contributed by atoms with Crippen molar-refractivity contribution in [2.75, 3.05) is 18.4 Å². The molecule has 3 aromatic carbocycles. The molecule has 0 fully saturated rings. The standard InChI is InChI=1S/C25H24ClN3O3/c1-18-6-5-9-22(14-18)28-23(30)15-27-24(31)17-29(16-19-7-3-2-4-8-19)25(32)20-10-12-21(26)13-11-20/h2-14H,15-17H2,1H3,(H,27,31)(H,28,30). The van der Waals surface area contributed by atoms with E-state index in [4.69, 9.17) is 11.6 Å². The molecule has 0 spiro atoms. The Morgan fingerprint density at radius 1 is 0.875 bits per heavy atom. The van der Waals surface area contributed by atoms with E-state index in [2.05, 4.69) is 10.6 Å². The molecule has 3 aromatic rings. The summed E-state index contributed by atoms with van der Waals surface area (Å²) >= 11 is 5.92. The van der Waals surface area contributed by atoms with Gasteiger partial charge in [-0.3, -0.25) is 14.4 Å². The van der Waals surface area contributed by atoms with Gasteiger partial charge in [-0.1, -0.05) is 54.1 Å². The summed E-state index contributed by atoms with van der Waals surface area (Å²) in [5, 5.41) is 5.84. The third-order valence-corrected chi connectivity index (χ3v) is 4.93. The molecule has 3 rings (SSSR count). The summed E-state index contributed by atoms with van der Waals surface area (Å²) < 4.78 is 0. The Bertz CT molecular complexity index is 1090. The lowest BCUT2D eigenvalue weighted by Crippen LogP contribution is -2.42. The van der Waals surface area contributed by atoms with Gasteiger partial charge >= 0.3 is 0 Å². The Balaban J connectivity index is 1.62. The monoisotopic (exact) mass is 449 g/mol. The molecule has 0 aliphatic heterocycles. The Kier molecular flexibility index (Phi) is 8.00. The zero-order valence-electron chi connectivity index (χ0n) is 17.7. The van der Waals surface area contributed by atoms with E-state index in [1.807, 2.05) is 55.5 Å². The van der Waals surface area contributed by atoms with Crippen LogP contribution in [0.15, 0.2) is 78.9 Å². The second-order valence-electron chi connectivity index (χ2n) is 7.35. The number of carbonyl (C=O) groups is 3. The van der Waals surface area contributed by atoms with Crippen LogP contribution in [0.25, 0.3) is 0 Å². The van der Waals surface area contributed by atoms with Gasteiger partial charge in [0.25, 0.3) is 5.91 Å². The number of hydrogen-bond acceptors (Lipinski definition) is 3. The van der Waals surface area contributed by atoms with Gasteiger partial charge in [0, 0.05) is 22.8 Å². The number of aryl methyl sites for hydroxylation is 1. The maximum absolute atomic E-state index is 13.0. The fourth-order valence-electron chi connectivity index (χ4n) is 3.11. The highest BCUT2D eigenvalue weighted by Crippen LogP contribution is 2.14. The highest BCUT2D eigenvalue weighted by atomic mass is 35.5. The van der Waals surface area contributed by atoms with Gasteiger partial charge in [-0.15, -0.1) is 0 Å². The molecule has 2 N–H and O–H groups in total. The first-order valence-corrected chi connectivity index (χ1v) is 10.5. The number of carbonyl (C=O) groups excluding carboxylic acids is 3. The molecular formula is C25H24ClN3O3. The van der Waals surface area contributed by atoms with E-state index in [1.165, 1.54) is 4.90 Å². The molecular weight excluding hydrogens is 426 g/mol. The number of halogens is 1. The van der Waals surface area contributed by atoms with Crippen LogP contribution in [0, 0.1) is 6.92 Å². The Morgan fingerprint density at radius 2 is 1.59 bits per heavy atom. The fourth-order valence-corrected chi connectivity index (χ4v) is 3.24. The lowest BCUT2D eigenvalue weighted by molar-refractivity contribution is -0.124. The van der Waals surface area contributed by atoms with Crippen LogP contribution in [0.3, 0.4) is 0 Å². The summed E-state index contributed by atoms with van der Waals surface area (Å²) in [7, 11) is 0. The first-order chi connectivity index (χ1) is 15.4. The predicted molar refractivity (Wildman–Crippen MR) is 125 cm³/mol. The molecule has 164 valence electrons. The lowest BCUT2D eigenvalue weighted by Gasteiger charge is -2.22. The molecule has 6 nitrogen and oxygen atoms in total. The molecule has 0 saturated carbocycles. The van der Waals surface area contributed by atoms with Crippen LogP contribution in [0.1, 0.15) is 21.5 Å². The quantitative estimate of drug-likeness (QED) is 0.544.